The number of carbonyl (C=O) groups excluding carboxylic acids is 2. The van der Waals surface area contributed by atoms with Crippen LogP contribution < -0.4 is 5.32 Å². The van der Waals surface area contributed by atoms with E-state index >= 15 is 0 Å². The van der Waals surface area contributed by atoms with Crippen molar-refractivity contribution in [2.45, 2.75) is 38.1 Å². The van der Waals surface area contributed by atoms with Crippen LogP contribution in [0.1, 0.15) is 32.1 Å². The van der Waals surface area contributed by atoms with Gasteiger partial charge in [-0.15, -0.1) is 0 Å². The summed E-state index contributed by atoms with van der Waals surface area (Å²) in [6.07, 6.45) is 3.38. The first-order chi connectivity index (χ1) is 11.4. The van der Waals surface area contributed by atoms with Gasteiger partial charge in [0.2, 0.25) is 11.8 Å². The quantitative estimate of drug-likeness (QED) is 0.764. The topological polar surface area (TPSA) is 92.8 Å². The van der Waals surface area contributed by atoms with E-state index in [2.05, 4.69) is 5.32 Å². The summed E-state index contributed by atoms with van der Waals surface area (Å²) >= 11 is 0. The summed E-state index contributed by atoms with van der Waals surface area (Å²) < 4.78 is 28.2. The van der Waals surface area contributed by atoms with Crippen LogP contribution >= 0.6 is 0 Å². The summed E-state index contributed by atoms with van der Waals surface area (Å²) in [6.45, 7) is 2.53. The van der Waals surface area contributed by atoms with E-state index in [1.807, 2.05) is 4.90 Å². The minimum Gasteiger partial charge on any atom is -0.378 e. The Bertz CT molecular complexity index is 577. The molecule has 3 fully saturated rings. The second-order valence-electron chi connectivity index (χ2n) is 7.09. The van der Waals surface area contributed by atoms with Gasteiger partial charge in [-0.2, -0.15) is 0 Å². The molecule has 3 aliphatic rings. The van der Waals surface area contributed by atoms with Crippen molar-refractivity contribution in [3.05, 3.63) is 0 Å². The molecule has 8 heteroatoms. The molecule has 7 nitrogen and oxygen atoms in total. The highest BCUT2D eigenvalue weighted by atomic mass is 32.2. The SMILES string of the molecule is O=C(NC1CCS(=O)(=O)C1)C1CCC(C(=O)N2CCOCC2)CC1. The Hall–Kier alpha value is -1.15. The average Bonchev–Trinajstić information content (AvgIpc) is 2.93. The molecule has 1 N–H and O–H groups in total. The predicted octanol–water partition coefficient (Wildman–Crippen LogP) is -0.0451. The van der Waals surface area contributed by atoms with E-state index in [1.54, 1.807) is 0 Å². The third-order valence-corrected chi connectivity index (χ3v) is 7.12. The van der Waals surface area contributed by atoms with Crippen LogP contribution in [0.15, 0.2) is 0 Å². The van der Waals surface area contributed by atoms with Crippen LogP contribution in [-0.2, 0) is 24.2 Å². The van der Waals surface area contributed by atoms with Crippen LogP contribution in [-0.4, -0.2) is 69.0 Å². The molecule has 2 saturated heterocycles. The van der Waals surface area contributed by atoms with E-state index in [9.17, 15) is 18.0 Å². The van der Waals surface area contributed by atoms with Crippen molar-refractivity contribution in [2.24, 2.45) is 11.8 Å². The van der Waals surface area contributed by atoms with Crippen molar-refractivity contribution in [1.82, 2.24) is 10.2 Å². The summed E-state index contributed by atoms with van der Waals surface area (Å²) in [7, 11) is -2.98. The second-order valence-corrected chi connectivity index (χ2v) is 9.32. The molecule has 1 atom stereocenters. The van der Waals surface area contributed by atoms with Crippen molar-refractivity contribution in [3.8, 4) is 0 Å². The standard InChI is InChI=1S/C16H26N2O5S/c19-15(17-14-5-10-24(21,22)11-14)12-1-3-13(4-2-12)16(20)18-6-8-23-9-7-18/h12-14H,1-11H2,(H,17,19). The Kier molecular flexibility index (Phi) is 5.44. The molecule has 0 aromatic carbocycles. The van der Waals surface area contributed by atoms with Gasteiger partial charge in [0.05, 0.1) is 24.7 Å². The molecule has 1 saturated carbocycles. The molecule has 0 aromatic heterocycles. The van der Waals surface area contributed by atoms with Crippen molar-refractivity contribution in [1.29, 1.82) is 0 Å². The number of ether oxygens (including phenoxy) is 1. The molecule has 0 bridgehead atoms. The highest BCUT2D eigenvalue weighted by molar-refractivity contribution is 7.91. The normalized spacial score (nSPS) is 33.2. The monoisotopic (exact) mass is 358 g/mol. The molecule has 1 aliphatic carbocycles. The first-order valence-corrected chi connectivity index (χ1v) is 10.6. The minimum atomic E-state index is -2.98. The number of hydrogen-bond acceptors (Lipinski definition) is 5. The summed E-state index contributed by atoms with van der Waals surface area (Å²) in [4.78, 5) is 26.7. The van der Waals surface area contributed by atoms with Gasteiger partial charge >= 0.3 is 0 Å². The number of rotatable bonds is 3. The van der Waals surface area contributed by atoms with Gasteiger partial charge in [-0.25, -0.2) is 8.42 Å². The molecular formula is C16H26N2O5S. The van der Waals surface area contributed by atoms with Gasteiger partial charge in [0.1, 0.15) is 0 Å². The lowest BCUT2D eigenvalue weighted by Crippen LogP contribution is -2.45. The third kappa shape index (κ3) is 4.27. The zero-order valence-electron chi connectivity index (χ0n) is 13.9. The highest BCUT2D eigenvalue weighted by Gasteiger charge is 2.35. The fourth-order valence-corrected chi connectivity index (χ4v) is 5.55. The predicted molar refractivity (Wildman–Crippen MR) is 88.0 cm³/mol. The van der Waals surface area contributed by atoms with E-state index in [-0.39, 0.29) is 41.2 Å². The number of sulfone groups is 1. The molecule has 2 aliphatic heterocycles. The summed E-state index contributed by atoms with van der Waals surface area (Å²) in [5, 5.41) is 2.88. The lowest BCUT2D eigenvalue weighted by molar-refractivity contribution is -0.142. The molecule has 3 rings (SSSR count). The summed E-state index contributed by atoms with van der Waals surface area (Å²) in [5.41, 5.74) is 0. The maximum Gasteiger partial charge on any atom is 0.225 e. The van der Waals surface area contributed by atoms with Gasteiger partial charge < -0.3 is 15.0 Å². The van der Waals surface area contributed by atoms with Crippen LogP contribution in [0.3, 0.4) is 0 Å². The molecular weight excluding hydrogens is 332 g/mol. The number of carbonyl (C=O) groups is 2. The fraction of sp³-hybridized carbons (Fsp3) is 0.875. The van der Waals surface area contributed by atoms with Crippen LogP contribution in [0.2, 0.25) is 0 Å². The Morgan fingerprint density at radius 1 is 0.958 bits per heavy atom. The van der Waals surface area contributed by atoms with E-state index in [0.717, 1.165) is 12.8 Å². The maximum atomic E-state index is 12.5. The Labute approximate surface area is 143 Å². The van der Waals surface area contributed by atoms with E-state index in [0.29, 0.717) is 45.6 Å². The van der Waals surface area contributed by atoms with E-state index in [4.69, 9.17) is 4.74 Å². The van der Waals surface area contributed by atoms with Gasteiger partial charge in [0, 0.05) is 31.0 Å². The lowest BCUT2D eigenvalue weighted by Gasteiger charge is -2.33. The Morgan fingerprint density at radius 2 is 1.58 bits per heavy atom. The molecule has 2 heterocycles. The lowest BCUT2D eigenvalue weighted by atomic mass is 9.80. The zero-order valence-corrected chi connectivity index (χ0v) is 14.7. The van der Waals surface area contributed by atoms with Crippen LogP contribution in [0.25, 0.3) is 0 Å². The van der Waals surface area contributed by atoms with Gasteiger partial charge in [0.15, 0.2) is 9.84 Å². The maximum absolute atomic E-state index is 12.5. The van der Waals surface area contributed by atoms with Gasteiger partial charge in [-0.1, -0.05) is 0 Å². The summed E-state index contributed by atoms with van der Waals surface area (Å²) in [5.74, 6) is 0.289. The minimum absolute atomic E-state index is 0.0130. The van der Waals surface area contributed by atoms with Crippen LogP contribution in [0.5, 0.6) is 0 Å². The Balaban J connectivity index is 1.44. The zero-order chi connectivity index (χ0) is 17.2. The van der Waals surface area contributed by atoms with Crippen LogP contribution in [0, 0.1) is 11.8 Å². The third-order valence-electron chi connectivity index (χ3n) is 5.35. The molecule has 0 aromatic rings. The van der Waals surface area contributed by atoms with Gasteiger partial charge in [-0.05, 0) is 32.1 Å². The van der Waals surface area contributed by atoms with Gasteiger partial charge in [-0.3, -0.25) is 9.59 Å². The molecule has 1 unspecified atom stereocenters. The van der Waals surface area contributed by atoms with Crippen LogP contribution in [0.4, 0.5) is 0 Å². The Morgan fingerprint density at radius 3 is 2.17 bits per heavy atom. The number of nitrogens with one attached hydrogen (secondary N) is 1. The van der Waals surface area contributed by atoms with Crippen molar-refractivity contribution in [2.75, 3.05) is 37.8 Å². The summed E-state index contributed by atoms with van der Waals surface area (Å²) in [6, 6.07) is -0.241. The average molecular weight is 358 g/mol. The van der Waals surface area contributed by atoms with Gasteiger partial charge in [0.25, 0.3) is 0 Å². The number of nitrogens with zero attached hydrogens (tertiary/aromatic N) is 1. The number of amides is 2. The molecule has 2 amide bonds. The van der Waals surface area contributed by atoms with Crippen molar-refractivity contribution < 1.29 is 22.7 Å². The van der Waals surface area contributed by atoms with E-state index in [1.165, 1.54) is 0 Å². The fourth-order valence-electron chi connectivity index (χ4n) is 3.87. The molecule has 24 heavy (non-hydrogen) atoms. The largest absolute Gasteiger partial charge is 0.378 e. The number of hydrogen-bond donors (Lipinski definition) is 1. The molecule has 0 spiro atoms. The van der Waals surface area contributed by atoms with Crippen molar-refractivity contribution in [3.63, 3.8) is 0 Å². The first-order valence-electron chi connectivity index (χ1n) is 8.82. The number of morpholine rings is 1. The smallest absolute Gasteiger partial charge is 0.225 e. The molecule has 136 valence electrons. The first kappa shape index (κ1) is 17.7. The van der Waals surface area contributed by atoms with Crippen molar-refractivity contribution >= 4 is 21.7 Å². The van der Waals surface area contributed by atoms with E-state index < -0.39 is 9.84 Å². The second kappa shape index (κ2) is 7.39. The highest BCUT2D eigenvalue weighted by Crippen LogP contribution is 2.30. The molecule has 0 radical (unpaired) electrons.